The van der Waals surface area contributed by atoms with Crippen LogP contribution in [0.15, 0.2) is 21.2 Å². The van der Waals surface area contributed by atoms with Crippen molar-refractivity contribution in [1.82, 2.24) is 4.90 Å². The number of nitrogens with two attached hydrogens (primary N) is 1. The molecule has 1 aliphatic rings. The van der Waals surface area contributed by atoms with Gasteiger partial charge in [0.25, 0.3) is 0 Å². The Morgan fingerprint density at radius 3 is 2.76 bits per heavy atom. The third-order valence-electron chi connectivity index (χ3n) is 3.95. The van der Waals surface area contributed by atoms with Crippen molar-refractivity contribution in [2.24, 2.45) is 17.6 Å². The SMILES string of the molecule is CC1CCN(C(CN)c2ccc(Br)o2)CC1C. The van der Waals surface area contributed by atoms with Crippen LogP contribution in [0.5, 0.6) is 0 Å². The summed E-state index contributed by atoms with van der Waals surface area (Å²) in [6.45, 7) is 7.50. The number of furan rings is 1. The molecule has 3 atom stereocenters. The van der Waals surface area contributed by atoms with Crippen LogP contribution in [0.2, 0.25) is 0 Å². The summed E-state index contributed by atoms with van der Waals surface area (Å²) >= 11 is 3.35. The Labute approximate surface area is 111 Å². The van der Waals surface area contributed by atoms with E-state index in [9.17, 15) is 0 Å². The van der Waals surface area contributed by atoms with E-state index in [4.69, 9.17) is 10.2 Å². The first-order chi connectivity index (χ1) is 8.11. The molecule has 3 nitrogen and oxygen atoms in total. The van der Waals surface area contributed by atoms with Crippen LogP contribution in [0, 0.1) is 11.8 Å². The lowest BCUT2D eigenvalue weighted by Gasteiger charge is -2.39. The fourth-order valence-corrected chi connectivity index (χ4v) is 2.85. The summed E-state index contributed by atoms with van der Waals surface area (Å²) in [5.74, 6) is 2.52. The average Bonchev–Trinajstić information content (AvgIpc) is 2.71. The maximum atomic E-state index is 5.91. The molecule has 4 heteroatoms. The number of piperidine rings is 1. The molecule has 0 bridgehead atoms. The second-order valence-electron chi connectivity index (χ2n) is 5.13. The largest absolute Gasteiger partial charge is 0.453 e. The first kappa shape index (κ1) is 13.1. The Kier molecular flexibility index (Phi) is 4.28. The van der Waals surface area contributed by atoms with Crippen molar-refractivity contribution < 1.29 is 4.42 Å². The lowest BCUT2D eigenvalue weighted by atomic mass is 9.88. The zero-order valence-electron chi connectivity index (χ0n) is 10.5. The number of halogens is 1. The van der Waals surface area contributed by atoms with E-state index < -0.39 is 0 Å². The van der Waals surface area contributed by atoms with Gasteiger partial charge in [-0.15, -0.1) is 0 Å². The first-order valence-electron chi connectivity index (χ1n) is 6.31. The number of nitrogens with zero attached hydrogens (tertiary/aromatic N) is 1. The molecular formula is C13H21BrN2O. The summed E-state index contributed by atoms with van der Waals surface area (Å²) < 4.78 is 6.43. The molecule has 0 aromatic carbocycles. The molecular weight excluding hydrogens is 280 g/mol. The van der Waals surface area contributed by atoms with Gasteiger partial charge in [0.1, 0.15) is 5.76 Å². The molecule has 2 rings (SSSR count). The number of rotatable bonds is 3. The Morgan fingerprint density at radius 2 is 2.24 bits per heavy atom. The third kappa shape index (κ3) is 2.92. The van der Waals surface area contributed by atoms with E-state index in [1.54, 1.807) is 0 Å². The fraction of sp³-hybridized carbons (Fsp3) is 0.692. The van der Waals surface area contributed by atoms with Crippen molar-refractivity contribution in [2.75, 3.05) is 19.6 Å². The minimum absolute atomic E-state index is 0.219. The van der Waals surface area contributed by atoms with Crippen molar-refractivity contribution in [3.05, 3.63) is 22.6 Å². The van der Waals surface area contributed by atoms with E-state index in [1.807, 2.05) is 12.1 Å². The molecule has 1 saturated heterocycles. The van der Waals surface area contributed by atoms with Gasteiger partial charge in [-0.25, -0.2) is 0 Å². The predicted molar refractivity (Wildman–Crippen MR) is 72.7 cm³/mol. The van der Waals surface area contributed by atoms with Gasteiger partial charge in [-0.2, -0.15) is 0 Å². The summed E-state index contributed by atoms with van der Waals surface area (Å²) in [6.07, 6.45) is 1.25. The van der Waals surface area contributed by atoms with E-state index in [1.165, 1.54) is 6.42 Å². The molecule has 1 aliphatic heterocycles. The summed E-state index contributed by atoms with van der Waals surface area (Å²) in [6, 6.07) is 4.18. The van der Waals surface area contributed by atoms with E-state index in [2.05, 4.69) is 34.7 Å². The lowest BCUT2D eigenvalue weighted by Crippen LogP contribution is -2.42. The first-order valence-corrected chi connectivity index (χ1v) is 7.10. The second-order valence-corrected chi connectivity index (χ2v) is 5.91. The minimum Gasteiger partial charge on any atom is -0.453 e. The minimum atomic E-state index is 0.219. The highest BCUT2D eigenvalue weighted by molar-refractivity contribution is 9.10. The molecule has 2 N–H and O–H groups in total. The van der Waals surface area contributed by atoms with Crippen molar-refractivity contribution >= 4 is 15.9 Å². The number of hydrogen-bond donors (Lipinski definition) is 1. The van der Waals surface area contributed by atoms with Crippen LogP contribution in [0.3, 0.4) is 0 Å². The summed E-state index contributed by atoms with van der Waals surface area (Å²) in [5.41, 5.74) is 5.91. The Balaban J connectivity index is 2.08. The number of likely N-dealkylation sites (tertiary alicyclic amines) is 1. The van der Waals surface area contributed by atoms with Gasteiger partial charge >= 0.3 is 0 Å². The Morgan fingerprint density at radius 1 is 1.47 bits per heavy atom. The Hall–Kier alpha value is -0.320. The second kappa shape index (κ2) is 5.55. The van der Waals surface area contributed by atoms with Gasteiger partial charge in [0.2, 0.25) is 0 Å². The van der Waals surface area contributed by atoms with Crippen LogP contribution in [0.25, 0.3) is 0 Å². The van der Waals surface area contributed by atoms with Crippen LogP contribution < -0.4 is 5.73 Å². The average molecular weight is 301 g/mol. The fourth-order valence-electron chi connectivity index (χ4n) is 2.53. The zero-order valence-corrected chi connectivity index (χ0v) is 12.1. The van der Waals surface area contributed by atoms with Gasteiger partial charge in [-0.3, -0.25) is 4.90 Å². The van der Waals surface area contributed by atoms with Gasteiger partial charge < -0.3 is 10.2 Å². The predicted octanol–water partition coefficient (Wildman–Crippen LogP) is 3.02. The highest BCUT2D eigenvalue weighted by Gasteiger charge is 2.29. The highest BCUT2D eigenvalue weighted by Crippen LogP contribution is 2.30. The van der Waals surface area contributed by atoms with Gasteiger partial charge in [-0.05, 0) is 52.9 Å². The lowest BCUT2D eigenvalue weighted by molar-refractivity contribution is 0.0877. The quantitative estimate of drug-likeness (QED) is 0.933. The van der Waals surface area contributed by atoms with Crippen molar-refractivity contribution in [3.8, 4) is 0 Å². The van der Waals surface area contributed by atoms with Crippen LogP contribution in [-0.4, -0.2) is 24.5 Å². The van der Waals surface area contributed by atoms with Crippen LogP contribution in [-0.2, 0) is 0 Å². The molecule has 1 fully saturated rings. The van der Waals surface area contributed by atoms with Gasteiger partial charge in [0.15, 0.2) is 4.67 Å². The van der Waals surface area contributed by atoms with Crippen LogP contribution >= 0.6 is 15.9 Å². The summed E-state index contributed by atoms with van der Waals surface area (Å²) in [7, 11) is 0. The molecule has 0 aliphatic carbocycles. The standard InChI is InChI=1S/C13H21BrN2O/c1-9-5-6-16(8-10(9)2)11(7-15)12-3-4-13(14)17-12/h3-4,9-11H,5-8,15H2,1-2H3. The van der Waals surface area contributed by atoms with E-state index in [0.29, 0.717) is 6.54 Å². The molecule has 3 unspecified atom stereocenters. The van der Waals surface area contributed by atoms with Gasteiger partial charge in [-0.1, -0.05) is 13.8 Å². The van der Waals surface area contributed by atoms with E-state index in [0.717, 1.165) is 35.4 Å². The molecule has 0 radical (unpaired) electrons. The topological polar surface area (TPSA) is 42.4 Å². The number of hydrogen-bond acceptors (Lipinski definition) is 3. The molecule has 0 spiro atoms. The molecule has 0 saturated carbocycles. The third-order valence-corrected chi connectivity index (χ3v) is 4.38. The normalized spacial score (nSPS) is 28.2. The van der Waals surface area contributed by atoms with Crippen molar-refractivity contribution in [2.45, 2.75) is 26.3 Å². The van der Waals surface area contributed by atoms with Crippen LogP contribution in [0.4, 0.5) is 0 Å². The van der Waals surface area contributed by atoms with Crippen molar-refractivity contribution in [3.63, 3.8) is 0 Å². The Bertz CT molecular complexity index is 366. The maximum absolute atomic E-state index is 5.91. The molecule has 1 aromatic rings. The molecule has 96 valence electrons. The monoisotopic (exact) mass is 300 g/mol. The van der Waals surface area contributed by atoms with Gasteiger partial charge in [0, 0.05) is 13.1 Å². The molecule has 0 amide bonds. The molecule has 1 aromatic heterocycles. The van der Waals surface area contributed by atoms with Gasteiger partial charge in [0.05, 0.1) is 6.04 Å². The van der Waals surface area contributed by atoms with Crippen molar-refractivity contribution in [1.29, 1.82) is 0 Å². The zero-order chi connectivity index (χ0) is 12.4. The maximum Gasteiger partial charge on any atom is 0.169 e. The highest BCUT2D eigenvalue weighted by atomic mass is 79.9. The van der Waals surface area contributed by atoms with E-state index >= 15 is 0 Å². The molecule has 17 heavy (non-hydrogen) atoms. The van der Waals surface area contributed by atoms with Crippen LogP contribution in [0.1, 0.15) is 32.1 Å². The summed E-state index contributed by atoms with van der Waals surface area (Å²) in [5, 5.41) is 0. The smallest absolute Gasteiger partial charge is 0.169 e. The summed E-state index contributed by atoms with van der Waals surface area (Å²) in [4.78, 5) is 2.45. The molecule has 2 heterocycles. The van der Waals surface area contributed by atoms with E-state index in [-0.39, 0.29) is 6.04 Å².